The van der Waals surface area contributed by atoms with Gasteiger partial charge in [-0.25, -0.2) is 8.78 Å². The average Bonchev–Trinajstić information content (AvgIpc) is 2.49. The van der Waals surface area contributed by atoms with Crippen molar-refractivity contribution >= 4 is 5.82 Å². The van der Waals surface area contributed by atoms with E-state index in [0.29, 0.717) is 11.7 Å². The topological polar surface area (TPSA) is 41.1 Å². The van der Waals surface area contributed by atoms with Crippen LogP contribution in [0.1, 0.15) is 18.4 Å². The van der Waals surface area contributed by atoms with Gasteiger partial charge in [0.05, 0.1) is 5.69 Å². The molecule has 2 heterocycles. The number of likely N-dealkylation sites (N-methyl/N-ethyl adjacent to an activating group) is 1. The summed E-state index contributed by atoms with van der Waals surface area (Å²) in [5.74, 6) is -0.513. The SMILES string of the molecule is Cc1cc(-c2ccc(F)cc2F)nnc1N[C@@H]1CCCN(C)C1. The Bertz CT molecular complexity index is 705. The van der Waals surface area contributed by atoms with Crippen molar-refractivity contribution in [3.63, 3.8) is 0 Å². The molecule has 23 heavy (non-hydrogen) atoms. The zero-order chi connectivity index (χ0) is 16.4. The van der Waals surface area contributed by atoms with Gasteiger partial charge in [0.2, 0.25) is 0 Å². The summed E-state index contributed by atoms with van der Waals surface area (Å²) < 4.78 is 26.9. The molecule has 2 aromatic rings. The fraction of sp³-hybridized carbons (Fsp3) is 0.412. The molecule has 3 rings (SSSR count). The summed E-state index contributed by atoms with van der Waals surface area (Å²) in [5, 5.41) is 11.7. The molecule has 1 aromatic heterocycles. The molecule has 1 fully saturated rings. The Labute approximate surface area is 134 Å². The van der Waals surface area contributed by atoms with E-state index in [-0.39, 0.29) is 5.56 Å². The molecule has 1 aliphatic rings. The molecule has 0 spiro atoms. The van der Waals surface area contributed by atoms with Crippen LogP contribution in [0.2, 0.25) is 0 Å². The monoisotopic (exact) mass is 318 g/mol. The van der Waals surface area contributed by atoms with Crippen LogP contribution in [0.25, 0.3) is 11.3 Å². The second kappa shape index (κ2) is 6.58. The first-order valence-corrected chi connectivity index (χ1v) is 7.78. The van der Waals surface area contributed by atoms with Gasteiger partial charge in [-0.05, 0) is 57.1 Å². The van der Waals surface area contributed by atoms with Gasteiger partial charge in [0.25, 0.3) is 0 Å². The third-order valence-electron chi connectivity index (χ3n) is 4.16. The molecule has 0 saturated carbocycles. The second-order valence-corrected chi connectivity index (χ2v) is 6.13. The van der Waals surface area contributed by atoms with Crippen molar-refractivity contribution in [2.45, 2.75) is 25.8 Å². The number of hydrogen-bond donors (Lipinski definition) is 1. The summed E-state index contributed by atoms with van der Waals surface area (Å²) >= 11 is 0. The first-order chi connectivity index (χ1) is 11.0. The molecular weight excluding hydrogens is 298 g/mol. The number of nitrogens with one attached hydrogen (secondary N) is 1. The number of likely N-dealkylation sites (tertiary alicyclic amines) is 1. The van der Waals surface area contributed by atoms with E-state index in [1.165, 1.54) is 12.1 Å². The van der Waals surface area contributed by atoms with Crippen LogP contribution in [0.3, 0.4) is 0 Å². The number of aryl methyl sites for hydroxylation is 1. The van der Waals surface area contributed by atoms with Crippen LogP contribution in [0.15, 0.2) is 24.3 Å². The average molecular weight is 318 g/mol. The molecule has 0 unspecified atom stereocenters. The van der Waals surface area contributed by atoms with Gasteiger partial charge in [0, 0.05) is 24.2 Å². The molecule has 4 nitrogen and oxygen atoms in total. The van der Waals surface area contributed by atoms with Crippen LogP contribution in [0.4, 0.5) is 14.6 Å². The summed E-state index contributed by atoms with van der Waals surface area (Å²) in [6.07, 6.45) is 2.25. The van der Waals surface area contributed by atoms with E-state index in [1.54, 1.807) is 6.07 Å². The molecule has 0 bridgehead atoms. The number of halogens is 2. The van der Waals surface area contributed by atoms with E-state index in [9.17, 15) is 8.78 Å². The predicted octanol–water partition coefficient (Wildman–Crippen LogP) is 3.24. The Hall–Kier alpha value is -2.08. The maximum absolute atomic E-state index is 13.9. The highest BCUT2D eigenvalue weighted by molar-refractivity contribution is 5.62. The van der Waals surface area contributed by atoms with E-state index < -0.39 is 11.6 Å². The van der Waals surface area contributed by atoms with Crippen molar-refractivity contribution < 1.29 is 8.78 Å². The Morgan fingerprint density at radius 3 is 2.74 bits per heavy atom. The molecule has 1 saturated heterocycles. The minimum Gasteiger partial charge on any atom is -0.364 e. The smallest absolute Gasteiger partial charge is 0.151 e. The zero-order valence-electron chi connectivity index (χ0n) is 13.3. The Morgan fingerprint density at radius 2 is 2.04 bits per heavy atom. The third-order valence-corrected chi connectivity index (χ3v) is 4.16. The molecule has 0 aliphatic carbocycles. The molecule has 122 valence electrons. The number of rotatable bonds is 3. The highest BCUT2D eigenvalue weighted by Crippen LogP contribution is 2.24. The minimum absolute atomic E-state index is 0.256. The van der Waals surface area contributed by atoms with E-state index >= 15 is 0 Å². The van der Waals surface area contributed by atoms with Crippen molar-refractivity contribution in [3.05, 3.63) is 41.5 Å². The lowest BCUT2D eigenvalue weighted by Crippen LogP contribution is -2.40. The maximum Gasteiger partial charge on any atom is 0.151 e. The van der Waals surface area contributed by atoms with Crippen molar-refractivity contribution in [3.8, 4) is 11.3 Å². The summed E-state index contributed by atoms with van der Waals surface area (Å²) in [7, 11) is 2.10. The zero-order valence-corrected chi connectivity index (χ0v) is 13.3. The highest BCUT2D eigenvalue weighted by atomic mass is 19.1. The standard InChI is InChI=1S/C17H20F2N4/c1-11-8-16(14-6-5-12(18)9-15(14)19)21-22-17(11)20-13-4-3-7-23(2)10-13/h5-6,8-9,13H,3-4,7,10H2,1-2H3,(H,20,22)/t13-/m1/s1. The number of piperidine rings is 1. The lowest BCUT2D eigenvalue weighted by atomic mass is 10.1. The summed E-state index contributed by atoms with van der Waals surface area (Å²) in [6.45, 7) is 4.00. The highest BCUT2D eigenvalue weighted by Gasteiger charge is 2.18. The lowest BCUT2D eigenvalue weighted by Gasteiger charge is -2.30. The number of benzene rings is 1. The molecule has 0 radical (unpaired) electrons. The molecule has 1 aromatic carbocycles. The van der Waals surface area contributed by atoms with Gasteiger partial charge in [-0.3, -0.25) is 0 Å². The van der Waals surface area contributed by atoms with Gasteiger partial charge in [-0.1, -0.05) is 0 Å². The normalized spacial score (nSPS) is 18.9. The largest absolute Gasteiger partial charge is 0.364 e. The summed E-state index contributed by atoms with van der Waals surface area (Å²) in [6, 6.07) is 5.58. The number of anilines is 1. The first-order valence-electron chi connectivity index (χ1n) is 7.78. The third kappa shape index (κ3) is 3.64. The number of nitrogens with zero attached hydrogens (tertiary/aromatic N) is 3. The maximum atomic E-state index is 13.9. The van der Waals surface area contributed by atoms with E-state index in [4.69, 9.17) is 0 Å². The van der Waals surface area contributed by atoms with E-state index in [2.05, 4.69) is 27.5 Å². The molecule has 6 heteroatoms. The lowest BCUT2D eigenvalue weighted by molar-refractivity contribution is 0.260. The van der Waals surface area contributed by atoms with Crippen LogP contribution in [-0.4, -0.2) is 41.3 Å². The fourth-order valence-electron chi connectivity index (χ4n) is 2.93. The van der Waals surface area contributed by atoms with Crippen molar-refractivity contribution in [1.82, 2.24) is 15.1 Å². The summed E-state index contributed by atoms with van der Waals surface area (Å²) in [5.41, 5.74) is 1.56. The van der Waals surface area contributed by atoms with E-state index in [0.717, 1.165) is 43.4 Å². The van der Waals surface area contributed by atoms with Gasteiger partial charge in [0.15, 0.2) is 5.82 Å². The Balaban J connectivity index is 1.80. The molecule has 1 aliphatic heterocycles. The molecule has 1 atom stereocenters. The van der Waals surface area contributed by atoms with Crippen LogP contribution in [0.5, 0.6) is 0 Å². The van der Waals surface area contributed by atoms with Crippen LogP contribution >= 0.6 is 0 Å². The second-order valence-electron chi connectivity index (χ2n) is 6.13. The molecule has 0 amide bonds. The molecule has 1 N–H and O–H groups in total. The van der Waals surface area contributed by atoms with Crippen molar-refractivity contribution in [2.75, 3.05) is 25.5 Å². The quantitative estimate of drug-likeness (QED) is 0.943. The summed E-state index contributed by atoms with van der Waals surface area (Å²) in [4.78, 5) is 2.28. The minimum atomic E-state index is -0.631. The van der Waals surface area contributed by atoms with Gasteiger partial charge in [0.1, 0.15) is 11.6 Å². The molecular formula is C17H20F2N4. The van der Waals surface area contributed by atoms with Crippen molar-refractivity contribution in [2.24, 2.45) is 0 Å². The fourth-order valence-corrected chi connectivity index (χ4v) is 2.93. The van der Waals surface area contributed by atoms with Gasteiger partial charge in [-0.2, -0.15) is 0 Å². The Kier molecular flexibility index (Phi) is 4.52. The Morgan fingerprint density at radius 1 is 1.22 bits per heavy atom. The van der Waals surface area contributed by atoms with Crippen LogP contribution < -0.4 is 5.32 Å². The van der Waals surface area contributed by atoms with Crippen LogP contribution in [0, 0.1) is 18.6 Å². The number of aromatic nitrogens is 2. The first kappa shape index (κ1) is 15.8. The predicted molar refractivity (Wildman–Crippen MR) is 86.3 cm³/mol. The van der Waals surface area contributed by atoms with Gasteiger partial charge < -0.3 is 10.2 Å². The van der Waals surface area contributed by atoms with E-state index in [1.807, 2.05) is 6.92 Å². The number of hydrogen-bond acceptors (Lipinski definition) is 4. The van der Waals surface area contributed by atoms with Crippen LogP contribution in [-0.2, 0) is 0 Å². The van der Waals surface area contributed by atoms with Gasteiger partial charge in [-0.15, -0.1) is 10.2 Å². The van der Waals surface area contributed by atoms with Gasteiger partial charge >= 0.3 is 0 Å². The van der Waals surface area contributed by atoms with Crippen molar-refractivity contribution in [1.29, 1.82) is 0 Å².